The van der Waals surface area contributed by atoms with Gasteiger partial charge in [0.15, 0.2) is 15.8 Å². The third kappa shape index (κ3) is 6.06. The average molecular weight is 392 g/mol. The topological polar surface area (TPSA) is 70.6 Å². The molecule has 0 radical (unpaired) electrons. The first-order valence-corrected chi connectivity index (χ1v) is 10.5. The number of benzene rings is 2. The van der Waals surface area contributed by atoms with E-state index in [9.17, 15) is 12.8 Å². The van der Waals surface area contributed by atoms with Gasteiger partial charge in [-0.25, -0.2) is 12.8 Å². The number of guanidine groups is 1. The van der Waals surface area contributed by atoms with Crippen molar-refractivity contribution in [2.24, 2.45) is 4.99 Å². The smallest absolute Gasteiger partial charge is 0.191 e. The molecule has 0 amide bonds. The zero-order valence-electron chi connectivity index (χ0n) is 15.9. The number of nitrogens with zero attached hydrogens (tertiary/aromatic N) is 1. The first-order valence-electron chi connectivity index (χ1n) is 8.84. The number of nitrogens with one attached hydrogen (secondary N) is 2. The molecule has 0 aromatic heterocycles. The van der Waals surface area contributed by atoms with Crippen molar-refractivity contribution >= 4 is 15.8 Å². The summed E-state index contributed by atoms with van der Waals surface area (Å²) in [6.45, 7) is 4.10. The minimum absolute atomic E-state index is 0.0553. The summed E-state index contributed by atoms with van der Waals surface area (Å²) in [6, 6.07) is 13.4. The highest BCUT2D eigenvalue weighted by Crippen LogP contribution is 2.16. The first-order chi connectivity index (χ1) is 12.8. The molecule has 2 aromatic carbocycles. The van der Waals surface area contributed by atoms with Crippen molar-refractivity contribution in [1.82, 2.24) is 10.6 Å². The van der Waals surface area contributed by atoms with E-state index in [4.69, 9.17) is 0 Å². The van der Waals surface area contributed by atoms with Crippen LogP contribution in [0.3, 0.4) is 0 Å². The van der Waals surface area contributed by atoms with Gasteiger partial charge in [0.05, 0.1) is 16.7 Å². The lowest BCUT2D eigenvalue weighted by molar-refractivity contribution is 0.592. The van der Waals surface area contributed by atoms with E-state index in [2.05, 4.69) is 15.6 Å². The third-order valence-corrected chi connectivity index (χ3v) is 6.07. The highest BCUT2D eigenvalue weighted by Gasteiger charge is 2.14. The summed E-state index contributed by atoms with van der Waals surface area (Å²) < 4.78 is 38.2. The maximum Gasteiger partial charge on any atom is 0.191 e. The Morgan fingerprint density at radius 3 is 2.52 bits per heavy atom. The van der Waals surface area contributed by atoms with Crippen LogP contribution in [-0.4, -0.2) is 33.7 Å². The summed E-state index contributed by atoms with van der Waals surface area (Å²) >= 11 is 0. The Kier molecular flexibility index (Phi) is 7.36. The Hall–Kier alpha value is -2.41. The first kappa shape index (κ1) is 20.9. The molecule has 5 nitrogen and oxygen atoms in total. The van der Waals surface area contributed by atoms with Crippen molar-refractivity contribution in [1.29, 1.82) is 0 Å². The quantitative estimate of drug-likeness (QED) is 0.432. The monoisotopic (exact) mass is 391 g/mol. The van der Waals surface area contributed by atoms with Crippen molar-refractivity contribution in [3.8, 4) is 0 Å². The summed E-state index contributed by atoms with van der Waals surface area (Å²) in [5.41, 5.74) is 1.42. The van der Waals surface area contributed by atoms with Gasteiger partial charge in [0, 0.05) is 13.6 Å². The van der Waals surface area contributed by atoms with Gasteiger partial charge in [0.25, 0.3) is 0 Å². The van der Waals surface area contributed by atoms with Crippen LogP contribution in [0.1, 0.15) is 30.5 Å². The molecular weight excluding hydrogens is 365 g/mol. The number of sulfone groups is 1. The molecule has 7 heteroatoms. The van der Waals surface area contributed by atoms with Gasteiger partial charge in [-0.15, -0.1) is 0 Å². The van der Waals surface area contributed by atoms with E-state index in [1.54, 1.807) is 50.4 Å². The minimum Gasteiger partial charge on any atom is -0.356 e. The van der Waals surface area contributed by atoms with Crippen LogP contribution in [0.25, 0.3) is 0 Å². The number of hydrogen-bond donors (Lipinski definition) is 2. The van der Waals surface area contributed by atoms with Gasteiger partial charge < -0.3 is 10.6 Å². The maximum atomic E-state index is 13.7. The number of hydrogen-bond acceptors (Lipinski definition) is 3. The molecule has 0 saturated carbocycles. The van der Waals surface area contributed by atoms with Gasteiger partial charge in [-0.3, -0.25) is 4.99 Å². The van der Waals surface area contributed by atoms with Crippen LogP contribution in [0.15, 0.2) is 58.4 Å². The Balaban J connectivity index is 1.84. The zero-order chi connectivity index (χ0) is 19.9. The molecule has 2 rings (SSSR count). The molecule has 2 aromatic rings. The lowest BCUT2D eigenvalue weighted by atomic mass is 10.1. The molecule has 0 fully saturated rings. The fourth-order valence-corrected chi connectivity index (χ4v) is 3.91. The predicted molar refractivity (Wildman–Crippen MR) is 107 cm³/mol. The average Bonchev–Trinajstić information content (AvgIpc) is 2.66. The lowest BCUT2D eigenvalue weighted by Gasteiger charge is -2.18. The second-order valence-corrected chi connectivity index (χ2v) is 8.47. The summed E-state index contributed by atoms with van der Waals surface area (Å²) in [6.07, 6.45) is 0.450. The summed E-state index contributed by atoms with van der Waals surface area (Å²) in [4.78, 5) is 4.47. The highest BCUT2D eigenvalue weighted by atomic mass is 32.2. The van der Waals surface area contributed by atoms with E-state index >= 15 is 0 Å². The van der Waals surface area contributed by atoms with Gasteiger partial charge in [-0.2, -0.15) is 0 Å². The molecule has 0 aliphatic heterocycles. The Bertz CT molecular complexity index is 883. The summed E-state index contributed by atoms with van der Waals surface area (Å²) in [5.74, 6) is 0.357. The normalized spacial score (nSPS) is 13.3. The molecular formula is C20H26FN3O2S. The summed E-state index contributed by atoms with van der Waals surface area (Å²) in [5, 5.41) is 6.28. The molecule has 27 heavy (non-hydrogen) atoms. The zero-order valence-corrected chi connectivity index (χ0v) is 16.7. The van der Waals surface area contributed by atoms with Crippen molar-refractivity contribution in [2.45, 2.75) is 31.2 Å². The molecule has 0 heterocycles. The number of halogens is 1. The van der Waals surface area contributed by atoms with Crippen LogP contribution in [0.5, 0.6) is 0 Å². The van der Waals surface area contributed by atoms with Gasteiger partial charge in [-0.1, -0.05) is 30.3 Å². The van der Waals surface area contributed by atoms with Crippen LogP contribution in [0.2, 0.25) is 0 Å². The van der Waals surface area contributed by atoms with Gasteiger partial charge in [0.1, 0.15) is 5.82 Å². The molecule has 0 spiro atoms. The third-order valence-electron chi connectivity index (χ3n) is 4.26. The van der Waals surface area contributed by atoms with Crippen LogP contribution >= 0.6 is 0 Å². The fraction of sp³-hybridized carbons (Fsp3) is 0.350. The minimum atomic E-state index is -3.28. The van der Waals surface area contributed by atoms with Crippen molar-refractivity contribution < 1.29 is 12.8 Å². The molecule has 0 bridgehead atoms. The highest BCUT2D eigenvalue weighted by molar-refractivity contribution is 7.91. The Labute approximate surface area is 160 Å². The van der Waals surface area contributed by atoms with E-state index in [1.165, 1.54) is 6.07 Å². The SMILES string of the molecule is CN=C(NCCCS(=O)(=O)c1ccccc1)NC(C)c1ccc(C)c(F)c1. The molecule has 2 N–H and O–H groups in total. The second-order valence-electron chi connectivity index (χ2n) is 6.36. The van der Waals surface area contributed by atoms with Crippen LogP contribution < -0.4 is 10.6 Å². The molecule has 0 aliphatic rings. The van der Waals surface area contributed by atoms with Gasteiger partial charge in [0.2, 0.25) is 0 Å². The van der Waals surface area contributed by atoms with Crippen LogP contribution in [-0.2, 0) is 9.84 Å². The molecule has 146 valence electrons. The molecule has 1 atom stereocenters. The van der Waals surface area contributed by atoms with E-state index in [0.29, 0.717) is 29.4 Å². The largest absolute Gasteiger partial charge is 0.356 e. The van der Waals surface area contributed by atoms with E-state index in [-0.39, 0.29) is 17.6 Å². The van der Waals surface area contributed by atoms with E-state index in [0.717, 1.165) is 5.56 Å². The number of aryl methyl sites for hydroxylation is 1. The van der Waals surface area contributed by atoms with Crippen molar-refractivity contribution in [2.75, 3.05) is 19.3 Å². The molecule has 1 unspecified atom stereocenters. The maximum absolute atomic E-state index is 13.7. The molecule has 0 saturated heterocycles. The van der Waals surface area contributed by atoms with E-state index in [1.807, 2.05) is 13.0 Å². The van der Waals surface area contributed by atoms with Crippen LogP contribution in [0, 0.1) is 12.7 Å². The molecule has 0 aliphatic carbocycles. The summed E-state index contributed by atoms with van der Waals surface area (Å²) in [7, 11) is -1.64. The fourth-order valence-electron chi connectivity index (χ4n) is 2.58. The van der Waals surface area contributed by atoms with Gasteiger partial charge in [-0.05, 0) is 49.6 Å². The second kappa shape index (κ2) is 9.50. The van der Waals surface area contributed by atoms with Crippen molar-refractivity contribution in [3.05, 3.63) is 65.5 Å². The van der Waals surface area contributed by atoms with Crippen molar-refractivity contribution in [3.63, 3.8) is 0 Å². The standard InChI is InChI=1S/C20H26FN3O2S/c1-15-10-11-17(14-19(15)21)16(2)24-20(22-3)23-12-7-13-27(25,26)18-8-5-4-6-9-18/h4-6,8-11,14,16H,7,12-13H2,1-3H3,(H2,22,23,24). The van der Waals surface area contributed by atoms with Gasteiger partial charge >= 0.3 is 0 Å². The van der Waals surface area contributed by atoms with Crippen LogP contribution in [0.4, 0.5) is 4.39 Å². The Morgan fingerprint density at radius 1 is 1.19 bits per heavy atom. The predicted octanol–water partition coefficient (Wildman–Crippen LogP) is 3.22. The van der Waals surface area contributed by atoms with E-state index < -0.39 is 9.84 Å². The lowest BCUT2D eigenvalue weighted by Crippen LogP contribution is -2.39. The number of rotatable bonds is 7. The number of aliphatic imine (C=N–C) groups is 1. The Morgan fingerprint density at radius 2 is 1.89 bits per heavy atom.